The fourth-order valence-electron chi connectivity index (χ4n) is 2.87. The molecule has 0 saturated heterocycles. The van der Waals surface area contributed by atoms with Crippen LogP contribution in [0.3, 0.4) is 0 Å². The van der Waals surface area contributed by atoms with E-state index in [1.165, 1.54) is 14.2 Å². The fraction of sp³-hybridized carbons (Fsp3) is 0.250. The summed E-state index contributed by atoms with van der Waals surface area (Å²) in [4.78, 5) is 29.8. The first-order chi connectivity index (χ1) is 12.5. The van der Waals surface area contributed by atoms with E-state index in [1.807, 2.05) is 49.4 Å². The Morgan fingerprint density at radius 3 is 2.08 bits per heavy atom. The molecule has 2 aromatic rings. The molecule has 0 aromatic heterocycles. The predicted molar refractivity (Wildman–Crippen MR) is 94.7 cm³/mol. The minimum Gasteiger partial charge on any atom is -0.466 e. The summed E-state index contributed by atoms with van der Waals surface area (Å²) in [6.07, 6.45) is -0.828. The van der Waals surface area contributed by atoms with Crippen molar-refractivity contribution in [1.29, 1.82) is 0 Å². The predicted octanol–water partition coefficient (Wildman–Crippen LogP) is 2.60. The quantitative estimate of drug-likeness (QED) is 0.624. The number of nitrogens with zero attached hydrogens (tertiary/aromatic N) is 1. The van der Waals surface area contributed by atoms with Crippen LogP contribution < -0.4 is 0 Å². The van der Waals surface area contributed by atoms with E-state index >= 15 is 0 Å². The maximum absolute atomic E-state index is 12.6. The van der Waals surface area contributed by atoms with Gasteiger partial charge in [0.25, 0.3) is 0 Å². The van der Waals surface area contributed by atoms with Crippen LogP contribution in [0, 0.1) is 6.92 Å². The molecule has 1 atom stereocenters. The number of carbonyl (C=O) groups is 2. The van der Waals surface area contributed by atoms with Crippen LogP contribution in [0.5, 0.6) is 0 Å². The Morgan fingerprint density at radius 1 is 0.962 bits per heavy atom. The van der Waals surface area contributed by atoms with Gasteiger partial charge in [0.1, 0.15) is 5.71 Å². The molecule has 0 saturated carbocycles. The van der Waals surface area contributed by atoms with Crippen molar-refractivity contribution in [3.05, 3.63) is 71.3 Å². The molecule has 6 nitrogen and oxygen atoms in total. The number of carbonyl (C=O) groups excluding carboxylic acids is 2. The first-order valence-electron chi connectivity index (χ1n) is 8.08. The molecule has 1 unspecified atom stereocenters. The third kappa shape index (κ3) is 2.88. The summed E-state index contributed by atoms with van der Waals surface area (Å²) in [5.41, 5.74) is 0.440. The van der Waals surface area contributed by atoms with E-state index in [2.05, 4.69) is 4.99 Å². The number of ether oxygens (including phenoxy) is 3. The van der Waals surface area contributed by atoms with Crippen LogP contribution in [-0.2, 0) is 23.8 Å². The Labute approximate surface area is 151 Å². The standard InChI is InChI=1S/C20H19NO5/c1-13-9-11-14(12-10-13)16-20(18(22)24-2,19(23)25-3)26-17(21-16)15-7-5-4-6-8-15/h4-12,17H,1-3H3. The van der Waals surface area contributed by atoms with Gasteiger partial charge < -0.3 is 14.2 Å². The zero-order valence-electron chi connectivity index (χ0n) is 14.8. The van der Waals surface area contributed by atoms with Gasteiger partial charge in [-0.2, -0.15) is 0 Å². The molecule has 134 valence electrons. The SMILES string of the molecule is COC(=O)C1(C(=O)OC)OC(c2ccccc2)N=C1c1ccc(C)cc1. The molecular formula is C20H19NO5. The Hall–Kier alpha value is -2.99. The normalized spacial score (nSPS) is 18.1. The molecule has 1 heterocycles. The molecule has 26 heavy (non-hydrogen) atoms. The average Bonchev–Trinajstić information content (AvgIpc) is 3.10. The molecule has 3 rings (SSSR count). The van der Waals surface area contributed by atoms with Crippen molar-refractivity contribution >= 4 is 17.7 Å². The topological polar surface area (TPSA) is 74.2 Å². The van der Waals surface area contributed by atoms with Gasteiger partial charge in [-0.15, -0.1) is 0 Å². The second-order valence-electron chi connectivity index (χ2n) is 5.89. The van der Waals surface area contributed by atoms with E-state index in [4.69, 9.17) is 14.2 Å². The molecular weight excluding hydrogens is 334 g/mol. The van der Waals surface area contributed by atoms with Gasteiger partial charge in [0.05, 0.1) is 14.2 Å². The Morgan fingerprint density at radius 2 is 1.54 bits per heavy atom. The van der Waals surface area contributed by atoms with Gasteiger partial charge in [0.15, 0.2) is 6.23 Å². The first-order valence-corrected chi connectivity index (χ1v) is 8.08. The van der Waals surface area contributed by atoms with Crippen LogP contribution >= 0.6 is 0 Å². The van der Waals surface area contributed by atoms with Crippen LogP contribution in [0.1, 0.15) is 22.9 Å². The van der Waals surface area contributed by atoms with E-state index in [0.29, 0.717) is 11.1 Å². The monoisotopic (exact) mass is 353 g/mol. The highest BCUT2D eigenvalue weighted by Crippen LogP contribution is 2.38. The van der Waals surface area contributed by atoms with Crippen molar-refractivity contribution in [1.82, 2.24) is 0 Å². The van der Waals surface area contributed by atoms with Gasteiger partial charge in [0.2, 0.25) is 0 Å². The van der Waals surface area contributed by atoms with Crippen LogP contribution in [-0.4, -0.2) is 37.5 Å². The maximum Gasteiger partial charge on any atom is 0.356 e. The maximum atomic E-state index is 12.6. The van der Waals surface area contributed by atoms with Crippen LogP contribution in [0.4, 0.5) is 0 Å². The number of benzene rings is 2. The third-order valence-electron chi connectivity index (χ3n) is 4.22. The molecule has 0 spiro atoms. The van der Waals surface area contributed by atoms with E-state index in [9.17, 15) is 9.59 Å². The lowest BCUT2D eigenvalue weighted by Gasteiger charge is -2.25. The number of hydrogen-bond donors (Lipinski definition) is 0. The van der Waals surface area contributed by atoms with E-state index in [0.717, 1.165) is 5.56 Å². The smallest absolute Gasteiger partial charge is 0.356 e. The summed E-state index contributed by atoms with van der Waals surface area (Å²) in [7, 11) is 2.39. The number of hydrogen-bond acceptors (Lipinski definition) is 6. The molecule has 1 aliphatic heterocycles. The minimum atomic E-state index is -2.07. The lowest BCUT2D eigenvalue weighted by atomic mass is 9.91. The number of aliphatic imine (C=N–C) groups is 1. The summed E-state index contributed by atoms with van der Waals surface area (Å²) < 4.78 is 15.6. The average molecular weight is 353 g/mol. The number of aryl methyl sites for hydroxylation is 1. The molecule has 0 aliphatic carbocycles. The van der Waals surface area contributed by atoms with Crippen LogP contribution in [0.25, 0.3) is 0 Å². The van der Waals surface area contributed by atoms with Crippen LogP contribution in [0.15, 0.2) is 59.6 Å². The van der Waals surface area contributed by atoms with E-state index < -0.39 is 23.8 Å². The van der Waals surface area contributed by atoms with Gasteiger partial charge in [-0.1, -0.05) is 60.2 Å². The summed E-state index contributed by atoms with van der Waals surface area (Å²) in [6, 6.07) is 16.4. The number of rotatable bonds is 4. The van der Waals surface area contributed by atoms with Crippen molar-refractivity contribution in [3.63, 3.8) is 0 Å². The highest BCUT2D eigenvalue weighted by molar-refractivity contribution is 6.31. The molecule has 0 amide bonds. The lowest BCUT2D eigenvalue weighted by Crippen LogP contribution is -2.54. The van der Waals surface area contributed by atoms with Crippen molar-refractivity contribution in [2.75, 3.05) is 14.2 Å². The summed E-state index contributed by atoms with van der Waals surface area (Å²) >= 11 is 0. The minimum absolute atomic E-state index is 0.171. The highest BCUT2D eigenvalue weighted by atomic mass is 16.6. The Bertz CT molecular complexity index is 826. The third-order valence-corrected chi connectivity index (χ3v) is 4.22. The molecule has 1 aliphatic rings. The Balaban J connectivity index is 2.18. The van der Waals surface area contributed by atoms with Gasteiger partial charge in [-0.05, 0) is 12.5 Å². The van der Waals surface area contributed by atoms with E-state index in [-0.39, 0.29) is 5.71 Å². The second kappa shape index (κ2) is 7.09. The largest absolute Gasteiger partial charge is 0.466 e. The van der Waals surface area contributed by atoms with Crippen molar-refractivity contribution < 1.29 is 23.8 Å². The van der Waals surface area contributed by atoms with Crippen molar-refractivity contribution in [2.45, 2.75) is 18.8 Å². The van der Waals surface area contributed by atoms with Gasteiger partial charge in [0, 0.05) is 5.56 Å². The number of methoxy groups -OCH3 is 2. The Kier molecular flexibility index (Phi) is 4.86. The van der Waals surface area contributed by atoms with Crippen molar-refractivity contribution in [3.8, 4) is 0 Å². The number of esters is 2. The molecule has 0 N–H and O–H groups in total. The second-order valence-corrected chi connectivity index (χ2v) is 5.89. The molecule has 0 fully saturated rings. The molecule has 2 aromatic carbocycles. The van der Waals surface area contributed by atoms with Gasteiger partial charge in [-0.25, -0.2) is 14.6 Å². The summed E-state index contributed by atoms with van der Waals surface area (Å²) in [5, 5.41) is 0. The van der Waals surface area contributed by atoms with Crippen LogP contribution in [0.2, 0.25) is 0 Å². The molecule has 0 radical (unpaired) electrons. The lowest BCUT2D eigenvalue weighted by molar-refractivity contribution is -0.180. The zero-order valence-corrected chi connectivity index (χ0v) is 14.8. The molecule has 6 heteroatoms. The fourth-order valence-corrected chi connectivity index (χ4v) is 2.87. The van der Waals surface area contributed by atoms with Gasteiger partial charge in [-0.3, -0.25) is 0 Å². The van der Waals surface area contributed by atoms with Crippen molar-refractivity contribution in [2.24, 2.45) is 4.99 Å². The summed E-state index contributed by atoms with van der Waals surface area (Å²) in [5.74, 6) is -1.75. The van der Waals surface area contributed by atoms with Gasteiger partial charge >= 0.3 is 17.5 Å². The summed E-state index contributed by atoms with van der Waals surface area (Å²) in [6.45, 7) is 1.94. The molecule has 0 bridgehead atoms. The zero-order chi connectivity index (χ0) is 18.7. The van der Waals surface area contributed by atoms with E-state index in [1.54, 1.807) is 12.1 Å². The highest BCUT2D eigenvalue weighted by Gasteiger charge is 2.60. The first kappa shape index (κ1) is 17.8.